The van der Waals surface area contributed by atoms with Crippen LogP contribution in [0.2, 0.25) is 0 Å². The molecule has 0 radical (unpaired) electrons. The second kappa shape index (κ2) is 10.1. The molecule has 1 saturated heterocycles. The van der Waals surface area contributed by atoms with Gasteiger partial charge in [0.25, 0.3) is 5.91 Å². The summed E-state index contributed by atoms with van der Waals surface area (Å²) < 4.78 is 11.6. The summed E-state index contributed by atoms with van der Waals surface area (Å²) in [6, 6.07) is 15.8. The Morgan fingerprint density at radius 2 is 1.87 bits per heavy atom. The molecule has 1 fully saturated rings. The van der Waals surface area contributed by atoms with Gasteiger partial charge in [0, 0.05) is 57.0 Å². The van der Waals surface area contributed by atoms with Crippen LogP contribution in [0.25, 0.3) is 11.1 Å². The lowest BCUT2D eigenvalue weighted by Gasteiger charge is -2.27. The van der Waals surface area contributed by atoms with Crippen molar-refractivity contribution in [2.24, 2.45) is 0 Å². The van der Waals surface area contributed by atoms with Gasteiger partial charge in [0.2, 0.25) is 0 Å². The number of morpholine rings is 1. The largest absolute Gasteiger partial charge is 0.378 e. The SMILES string of the molecule is CN(C)C(=O)c1cc(-c2cnc3c(c2)C(C2OCc4ccccc42)CN3)ccc1NC(=O)N1CCOCC1. The Kier molecular flexibility index (Phi) is 6.47. The van der Waals surface area contributed by atoms with E-state index in [2.05, 4.69) is 34.9 Å². The molecule has 4 heterocycles. The molecule has 2 atom stereocenters. The molecule has 0 aliphatic carbocycles. The molecule has 38 heavy (non-hydrogen) atoms. The van der Waals surface area contributed by atoms with Gasteiger partial charge in [0.1, 0.15) is 5.82 Å². The summed E-state index contributed by atoms with van der Waals surface area (Å²) in [5.41, 5.74) is 6.24. The third kappa shape index (κ3) is 4.48. The molecule has 3 aromatic rings. The number of urea groups is 1. The van der Waals surface area contributed by atoms with Crippen LogP contribution in [-0.2, 0) is 16.1 Å². The number of nitrogens with one attached hydrogen (secondary N) is 2. The fraction of sp³-hybridized carbons (Fsp3) is 0.345. The van der Waals surface area contributed by atoms with Crippen LogP contribution in [0.4, 0.5) is 16.3 Å². The van der Waals surface area contributed by atoms with Crippen molar-refractivity contribution in [3.05, 3.63) is 77.0 Å². The molecule has 3 amide bonds. The number of ether oxygens (including phenoxy) is 2. The van der Waals surface area contributed by atoms with E-state index in [0.29, 0.717) is 44.2 Å². The smallest absolute Gasteiger partial charge is 0.322 e. The summed E-state index contributed by atoms with van der Waals surface area (Å²) in [7, 11) is 3.41. The normalized spacial score (nSPS) is 19.9. The highest BCUT2D eigenvalue weighted by Gasteiger charge is 2.36. The number of aromatic nitrogens is 1. The number of hydrogen-bond donors (Lipinski definition) is 2. The Labute approximate surface area is 221 Å². The minimum absolute atomic E-state index is 0.0272. The number of nitrogens with zero attached hydrogens (tertiary/aromatic N) is 3. The summed E-state index contributed by atoms with van der Waals surface area (Å²) in [6.07, 6.45) is 1.80. The Balaban J connectivity index is 1.31. The Bertz CT molecular complexity index is 1390. The third-order valence-corrected chi connectivity index (χ3v) is 7.48. The van der Waals surface area contributed by atoms with Crippen molar-refractivity contribution in [3.63, 3.8) is 0 Å². The summed E-state index contributed by atoms with van der Waals surface area (Å²) in [5.74, 6) is 0.815. The van der Waals surface area contributed by atoms with Crippen molar-refractivity contribution in [2.45, 2.75) is 18.6 Å². The van der Waals surface area contributed by atoms with Crippen LogP contribution in [0.3, 0.4) is 0 Å². The fourth-order valence-electron chi connectivity index (χ4n) is 5.41. The number of carbonyl (C=O) groups excluding carboxylic acids is 2. The van der Waals surface area contributed by atoms with Crippen molar-refractivity contribution in [2.75, 3.05) is 57.6 Å². The van der Waals surface area contributed by atoms with E-state index in [9.17, 15) is 9.59 Å². The van der Waals surface area contributed by atoms with Crippen LogP contribution in [-0.4, -0.2) is 73.7 Å². The highest BCUT2D eigenvalue weighted by atomic mass is 16.5. The molecule has 0 spiro atoms. The summed E-state index contributed by atoms with van der Waals surface area (Å²) in [6.45, 7) is 3.43. The number of carbonyl (C=O) groups is 2. The molecule has 3 aliphatic rings. The Morgan fingerprint density at radius 1 is 1.05 bits per heavy atom. The average Bonchev–Trinajstić information content (AvgIpc) is 3.57. The number of fused-ring (bicyclic) bond motifs is 2. The van der Waals surface area contributed by atoms with Crippen LogP contribution in [0.1, 0.15) is 39.1 Å². The predicted octanol–water partition coefficient (Wildman–Crippen LogP) is 4.10. The number of hydrogen-bond acceptors (Lipinski definition) is 6. The maximum atomic E-state index is 13.1. The van der Waals surface area contributed by atoms with Gasteiger partial charge in [-0.1, -0.05) is 30.3 Å². The van der Waals surface area contributed by atoms with E-state index in [1.807, 2.05) is 24.4 Å². The molecule has 1 aromatic heterocycles. The van der Waals surface area contributed by atoms with E-state index < -0.39 is 0 Å². The van der Waals surface area contributed by atoms with E-state index in [-0.39, 0.29) is 24.0 Å². The molecule has 196 valence electrons. The first kappa shape index (κ1) is 24.4. The van der Waals surface area contributed by atoms with Crippen molar-refractivity contribution < 1.29 is 19.1 Å². The maximum Gasteiger partial charge on any atom is 0.322 e. The number of amides is 3. The Hall–Kier alpha value is -3.95. The number of pyridine rings is 1. The van der Waals surface area contributed by atoms with E-state index in [0.717, 1.165) is 29.1 Å². The Morgan fingerprint density at radius 3 is 2.68 bits per heavy atom. The van der Waals surface area contributed by atoms with E-state index in [1.54, 1.807) is 25.1 Å². The maximum absolute atomic E-state index is 13.1. The lowest BCUT2D eigenvalue weighted by Crippen LogP contribution is -2.43. The molecule has 3 aliphatic heterocycles. The summed E-state index contributed by atoms with van der Waals surface area (Å²) in [5, 5.41) is 6.36. The van der Waals surface area contributed by atoms with Gasteiger partial charge in [-0.25, -0.2) is 9.78 Å². The topological polar surface area (TPSA) is 96.0 Å². The monoisotopic (exact) mass is 513 g/mol. The molecular weight excluding hydrogens is 482 g/mol. The van der Waals surface area contributed by atoms with Gasteiger partial charge in [-0.3, -0.25) is 4.79 Å². The summed E-state index contributed by atoms with van der Waals surface area (Å²) in [4.78, 5) is 33.9. The minimum atomic E-state index is -0.237. The van der Waals surface area contributed by atoms with Gasteiger partial charge in [0.15, 0.2) is 0 Å². The quantitative estimate of drug-likeness (QED) is 0.546. The van der Waals surface area contributed by atoms with Gasteiger partial charge >= 0.3 is 6.03 Å². The van der Waals surface area contributed by atoms with Gasteiger partial charge < -0.3 is 29.9 Å². The first-order valence-corrected chi connectivity index (χ1v) is 12.9. The van der Waals surface area contributed by atoms with Crippen LogP contribution in [0.15, 0.2) is 54.7 Å². The van der Waals surface area contributed by atoms with Crippen LogP contribution >= 0.6 is 0 Å². The van der Waals surface area contributed by atoms with E-state index in [4.69, 9.17) is 14.5 Å². The zero-order valence-electron chi connectivity index (χ0n) is 21.6. The third-order valence-electron chi connectivity index (χ3n) is 7.48. The summed E-state index contributed by atoms with van der Waals surface area (Å²) >= 11 is 0. The first-order valence-electron chi connectivity index (χ1n) is 12.9. The molecule has 2 aromatic carbocycles. The first-order chi connectivity index (χ1) is 18.5. The lowest BCUT2D eigenvalue weighted by molar-refractivity contribution is 0.0502. The zero-order chi connectivity index (χ0) is 26.2. The highest BCUT2D eigenvalue weighted by Crippen LogP contribution is 2.46. The van der Waals surface area contributed by atoms with Gasteiger partial charge in [-0.15, -0.1) is 0 Å². The van der Waals surface area contributed by atoms with Crippen molar-refractivity contribution in [1.82, 2.24) is 14.8 Å². The molecule has 9 heteroatoms. The molecule has 9 nitrogen and oxygen atoms in total. The van der Waals surface area contributed by atoms with Crippen molar-refractivity contribution >= 4 is 23.4 Å². The molecule has 2 N–H and O–H groups in total. The van der Waals surface area contributed by atoms with Crippen LogP contribution in [0.5, 0.6) is 0 Å². The number of anilines is 2. The second-order valence-electron chi connectivity index (χ2n) is 10.1. The number of rotatable bonds is 4. The van der Waals surface area contributed by atoms with Crippen molar-refractivity contribution in [1.29, 1.82) is 0 Å². The van der Waals surface area contributed by atoms with Gasteiger partial charge in [-0.2, -0.15) is 0 Å². The number of benzene rings is 2. The van der Waals surface area contributed by atoms with Crippen molar-refractivity contribution in [3.8, 4) is 11.1 Å². The molecule has 0 bridgehead atoms. The molecule has 2 unspecified atom stereocenters. The second-order valence-corrected chi connectivity index (χ2v) is 10.1. The molecular formula is C29H31N5O4. The highest BCUT2D eigenvalue weighted by molar-refractivity contribution is 6.04. The van der Waals surface area contributed by atoms with E-state index in [1.165, 1.54) is 16.0 Å². The fourth-order valence-corrected chi connectivity index (χ4v) is 5.41. The van der Waals surface area contributed by atoms with Crippen LogP contribution in [0, 0.1) is 0 Å². The minimum Gasteiger partial charge on any atom is -0.378 e. The van der Waals surface area contributed by atoms with Crippen LogP contribution < -0.4 is 10.6 Å². The molecule has 0 saturated carbocycles. The zero-order valence-corrected chi connectivity index (χ0v) is 21.6. The van der Waals surface area contributed by atoms with Gasteiger partial charge in [-0.05, 0) is 34.9 Å². The molecule has 6 rings (SSSR count). The lowest BCUT2D eigenvalue weighted by atomic mass is 9.89. The van der Waals surface area contributed by atoms with E-state index >= 15 is 0 Å². The standard InChI is InChI=1S/C29H31N5O4/c1-33(2)28(35)23-13-18(7-8-25(23)32-29(36)34-9-11-37-12-10-34)20-14-22-24(16-31-27(22)30-15-20)26-21-6-4-3-5-19(21)17-38-26/h3-8,13-15,24,26H,9-12,16-17H2,1-2H3,(H,30,31)(H,32,36). The average molecular weight is 514 g/mol. The predicted molar refractivity (Wildman–Crippen MR) is 144 cm³/mol. The van der Waals surface area contributed by atoms with Gasteiger partial charge in [0.05, 0.1) is 37.2 Å².